The van der Waals surface area contributed by atoms with Crippen molar-refractivity contribution in [3.05, 3.63) is 34.4 Å². The smallest absolute Gasteiger partial charge is 0.260 e. The van der Waals surface area contributed by atoms with Gasteiger partial charge in [-0.1, -0.05) is 0 Å². The van der Waals surface area contributed by atoms with Gasteiger partial charge in [0.15, 0.2) is 28.7 Å². The first-order chi connectivity index (χ1) is 14.5. The van der Waals surface area contributed by atoms with Crippen LogP contribution in [0.25, 0.3) is 0 Å². The number of aromatic amines is 1. The van der Waals surface area contributed by atoms with E-state index in [-0.39, 0.29) is 25.0 Å². The van der Waals surface area contributed by atoms with Gasteiger partial charge in [-0.25, -0.2) is 0 Å². The Bertz CT molecular complexity index is 949. The summed E-state index contributed by atoms with van der Waals surface area (Å²) in [6, 6.07) is 4.91. The van der Waals surface area contributed by atoms with Crippen molar-refractivity contribution >= 4 is 24.0 Å². The van der Waals surface area contributed by atoms with E-state index >= 15 is 0 Å². The van der Waals surface area contributed by atoms with Crippen molar-refractivity contribution in [1.29, 1.82) is 0 Å². The van der Waals surface area contributed by atoms with Crippen LogP contribution in [0.1, 0.15) is 42.4 Å². The molecule has 162 valence electrons. The Morgan fingerprint density at radius 2 is 1.97 bits per heavy atom. The van der Waals surface area contributed by atoms with Gasteiger partial charge in [0, 0.05) is 25.7 Å². The second-order valence-electron chi connectivity index (χ2n) is 7.01. The van der Waals surface area contributed by atoms with Crippen LogP contribution in [0, 0.1) is 4.77 Å². The number of benzene rings is 1. The van der Waals surface area contributed by atoms with Crippen molar-refractivity contribution in [1.82, 2.24) is 25.0 Å². The number of nitrogens with zero attached hydrogens (tertiary/aromatic N) is 3. The Morgan fingerprint density at radius 1 is 1.20 bits per heavy atom. The van der Waals surface area contributed by atoms with Crippen LogP contribution >= 0.6 is 12.2 Å². The SMILES string of the molecule is CCOc1cc(C(=O)NCc2n[nH]c(=S)n2C)ccc1OCC(=O)N1CCCCC1. The number of hydrogen-bond donors (Lipinski definition) is 2. The molecule has 1 aliphatic heterocycles. The number of carbonyl (C=O) groups excluding carboxylic acids is 2. The lowest BCUT2D eigenvalue weighted by atomic mass is 10.1. The number of aromatic nitrogens is 3. The molecular formula is C20H27N5O4S. The summed E-state index contributed by atoms with van der Waals surface area (Å²) >= 11 is 5.07. The highest BCUT2D eigenvalue weighted by molar-refractivity contribution is 7.71. The molecule has 0 bridgehead atoms. The summed E-state index contributed by atoms with van der Waals surface area (Å²) < 4.78 is 13.5. The maximum atomic E-state index is 12.5. The maximum absolute atomic E-state index is 12.5. The molecule has 0 saturated carbocycles. The lowest BCUT2D eigenvalue weighted by Gasteiger charge is -2.26. The Hall–Kier alpha value is -2.88. The van der Waals surface area contributed by atoms with Crippen molar-refractivity contribution in [3.63, 3.8) is 0 Å². The molecule has 0 radical (unpaired) electrons. The molecular weight excluding hydrogens is 406 g/mol. The number of rotatable bonds is 8. The zero-order valence-corrected chi connectivity index (χ0v) is 18.1. The van der Waals surface area contributed by atoms with E-state index in [1.54, 1.807) is 29.8 Å². The van der Waals surface area contributed by atoms with E-state index < -0.39 is 0 Å². The van der Waals surface area contributed by atoms with Gasteiger partial charge in [-0.15, -0.1) is 0 Å². The molecule has 0 spiro atoms. The molecule has 30 heavy (non-hydrogen) atoms. The van der Waals surface area contributed by atoms with E-state index in [0.29, 0.717) is 34.3 Å². The highest BCUT2D eigenvalue weighted by Gasteiger charge is 2.18. The second kappa shape index (κ2) is 10.2. The molecule has 2 aromatic rings. The van der Waals surface area contributed by atoms with Gasteiger partial charge in [0.2, 0.25) is 0 Å². The lowest BCUT2D eigenvalue weighted by Crippen LogP contribution is -2.38. The molecule has 1 fully saturated rings. The quantitative estimate of drug-likeness (QED) is 0.619. The molecule has 1 aromatic carbocycles. The summed E-state index contributed by atoms with van der Waals surface area (Å²) in [5, 5.41) is 9.55. The molecule has 10 heteroatoms. The average molecular weight is 434 g/mol. The maximum Gasteiger partial charge on any atom is 0.260 e. The normalized spacial score (nSPS) is 13.7. The van der Waals surface area contributed by atoms with Crippen LogP contribution in [0.5, 0.6) is 11.5 Å². The van der Waals surface area contributed by atoms with Crippen molar-refractivity contribution in [3.8, 4) is 11.5 Å². The summed E-state index contributed by atoms with van der Waals surface area (Å²) in [7, 11) is 1.78. The Kier molecular flexibility index (Phi) is 7.45. The van der Waals surface area contributed by atoms with Gasteiger partial charge in [0.1, 0.15) is 0 Å². The monoisotopic (exact) mass is 433 g/mol. The molecule has 1 saturated heterocycles. The third-order valence-electron chi connectivity index (χ3n) is 4.95. The Labute approximate surface area is 180 Å². The van der Waals surface area contributed by atoms with Crippen LogP contribution in [0.15, 0.2) is 18.2 Å². The van der Waals surface area contributed by atoms with Gasteiger partial charge in [0.05, 0.1) is 13.2 Å². The minimum atomic E-state index is -0.277. The number of piperidine rings is 1. The molecule has 1 aromatic heterocycles. The first-order valence-electron chi connectivity index (χ1n) is 10.1. The number of ether oxygens (including phenoxy) is 2. The van der Waals surface area contributed by atoms with Crippen molar-refractivity contribution < 1.29 is 19.1 Å². The first-order valence-corrected chi connectivity index (χ1v) is 10.5. The minimum Gasteiger partial charge on any atom is -0.490 e. The van der Waals surface area contributed by atoms with Crippen molar-refractivity contribution in [2.45, 2.75) is 32.7 Å². The van der Waals surface area contributed by atoms with Gasteiger partial charge in [-0.2, -0.15) is 5.10 Å². The van der Waals surface area contributed by atoms with Crippen LogP contribution in [-0.2, 0) is 18.4 Å². The highest BCUT2D eigenvalue weighted by atomic mass is 32.1. The summed E-state index contributed by atoms with van der Waals surface area (Å²) in [4.78, 5) is 26.7. The largest absolute Gasteiger partial charge is 0.490 e. The fourth-order valence-electron chi connectivity index (χ4n) is 3.21. The van der Waals surface area contributed by atoms with E-state index in [4.69, 9.17) is 21.7 Å². The first kappa shape index (κ1) is 21.8. The second-order valence-corrected chi connectivity index (χ2v) is 7.40. The molecule has 2 heterocycles. The molecule has 0 unspecified atom stereocenters. The third-order valence-corrected chi connectivity index (χ3v) is 5.31. The molecule has 1 aliphatic rings. The topological polar surface area (TPSA) is 101 Å². The standard InChI is InChI=1S/C20H27N5O4S/c1-3-28-16-11-14(19(27)21-12-17-22-23-20(30)24(17)2)7-8-15(16)29-13-18(26)25-9-5-4-6-10-25/h7-8,11H,3-6,9-10,12-13H2,1-2H3,(H,21,27)(H,23,30). The average Bonchev–Trinajstić information content (AvgIpc) is 3.09. The van der Waals surface area contributed by atoms with Gasteiger partial charge < -0.3 is 24.3 Å². The molecule has 0 atom stereocenters. The van der Waals surface area contributed by atoms with Gasteiger partial charge >= 0.3 is 0 Å². The van der Waals surface area contributed by atoms with Crippen LogP contribution < -0.4 is 14.8 Å². The fourth-order valence-corrected chi connectivity index (χ4v) is 3.36. The minimum absolute atomic E-state index is 0.0352. The summed E-state index contributed by atoms with van der Waals surface area (Å²) in [5.74, 6) is 1.17. The van der Waals surface area contributed by atoms with E-state index in [2.05, 4.69) is 15.5 Å². The number of nitrogens with one attached hydrogen (secondary N) is 2. The highest BCUT2D eigenvalue weighted by Crippen LogP contribution is 2.28. The number of hydrogen-bond acceptors (Lipinski definition) is 6. The zero-order chi connectivity index (χ0) is 21.5. The van der Waals surface area contributed by atoms with Crippen LogP contribution in [-0.4, -0.2) is 57.8 Å². The number of likely N-dealkylation sites (tertiary alicyclic amines) is 1. The summed E-state index contributed by atoms with van der Waals surface area (Å²) in [5.41, 5.74) is 0.421. The van der Waals surface area contributed by atoms with Crippen molar-refractivity contribution in [2.75, 3.05) is 26.3 Å². The number of amides is 2. The van der Waals surface area contributed by atoms with E-state index in [1.165, 1.54) is 0 Å². The van der Waals surface area contributed by atoms with E-state index in [0.717, 1.165) is 32.4 Å². The Morgan fingerprint density at radius 3 is 2.63 bits per heavy atom. The Balaban J connectivity index is 1.63. The summed E-state index contributed by atoms with van der Waals surface area (Å²) in [6.07, 6.45) is 3.23. The third kappa shape index (κ3) is 5.38. The van der Waals surface area contributed by atoms with Crippen LogP contribution in [0.4, 0.5) is 0 Å². The zero-order valence-electron chi connectivity index (χ0n) is 17.3. The van der Waals surface area contributed by atoms with Crippen LogP contribution in [0.3, 0.4) is 0 Å². The molecule has 0 aliphatic carbocycles. The predicted octanol–water partition coefficient (Wildman–Crippen LogP) is 2.20. The number of H-pyrrole nitrogens is 1. The van der Waals surface area contributed by atoms with Gasteiger partial charge in [0.25, 0.3) is 11.8 Å². The fraction of sp³-hybridized carbons (Fsp3) is 0.500. The van der Waals surface area contributed by atoms with Gasteiger partial charge in [-0.05, 0) is 56.6 Å². The van der Waals surface area contributed by atoms with Crippen LogP contribution in [0.2, 0.25) is 0 Å². The summed E-state index contributed by atoms with van der Waals surface area (Å²) in [6.45, 7) is 3.99. The molecule has 9 nitrogen and oxygen atoms in total. The van der Waals surface area contributed by atoms with Crippen molar-refractivity contribution in [2.24, 2.45) is 7.05 Å². The molecule has 2 amide bonds. The van der Waals surface area contributed by atoms with E-state index in [9.17, 15) is 9.59 Å². The molecule has 3 rings (SSSR count). The predicted molar refractivity (Wildman–Crippen MR) is 113 cm³/mol. The molecule has 2 N–H and O–H groups in total. The lowest BCUT2D eigenvalue weighted by molar-refractivity contribution is -0.134. The number of carbonyl (C=O) groups is 2. The van der Waals surface area contributed by atoms with E-state index in [1.807, 2.05) is 11.8 Å². The van der Waals surface area contributed by atoms with Gasteiger partial charge in [-0.3, -0.25) is 14.7 Å².